The van der Waals surface area contributed by atoms with Gasteiger partial charge in [0.1, 0.15) is 0 Å². The third kappa shape index (κ3) is 2.18. The van der Waals surface area contributed by atoms with Crippen LogP contribution >= 0.6 is 0 Å². The molecular formula is C15H15N3O. The molecule has 0 bridgehead atoms. The van der Waals surface area contributed by atoms with Crippen LogP contribution in [0.15, 0.2) is 48.5 Å². The van der Waals surface area contributed by atoms with Crippen LogP contribution in [0.2, 0.25) is 0 Å². The Labute approximate surface area is 111 Å². The van der Waals surface area contributed by atoms with Crippen LogP contribution in [-0.4, -0.2) is 5.91 Å². The second-order valence-electron chi connectivity index (χ2n) is 4.65. The SMILES string of the molecule is NNC(=O)c1ccc(N2Cc3ccccc3C2)cc1. The molecule has 0 aliphatic carbocycles. The van der Waals surface area contributed by atoms with Crippen LogP contribution < -0.4 is 16.2 Å². The van der Waals surface area contributed by atoms with Crippen LogP contribution in [0.25, 0.3) is 0 Å². The average molecular weight is 253 g/mol. The van der Waals surface area contributed by atoms with Crippen molar-refractivity contribution in [1.82, 2.24) is 5.43 Å². The second-order valence-corrected chi connectivity index (χ2v) is 4.65. The third-order valence-corrected chi connectivity index (χ3v) is 3.47. The van der Waals surface area contributed by atoms with Gasteiger partial charge in [-0.05, 0) is 35.4 Å². The van der Waals surface area contributed by atoms with E-state index in [4.69, 9.17) is 5.84 Å². The van der Waals surface area contributed by atoms with Gasteiger partial charge in [-0.1, -0.05) is 24.3 Å². The Morgan fingerprint density at radius 3 is 2.11 bits per heavy atom. The molecule has 4 nitrogen and oxygen atoms in total. The minimum Gasteiger partial charge on any atom is -0.363 e. The zero-order valence-corrected chi connectivity index (χ0v) is 10.5. The van der Waals surface area contributed by atoms with E-state index in [1.54, 1.807) is 12.1 Å². The number of hydrogen-bond donors (Lipinski definition) is 2. The first kappa shape index (κ1) is 11.7. The average Bonchev–Trinajstić information content (AvgIpc) is 2.90. The Balaban J connectivity index is 1.80. The van der Waals surface area contributed by atoms with Gasteiger partial charge in [-0.25, -0.2) is 5.84 Å². The molecule has 0 aromatic heterocycles. The highest BCUT2D eigenvalue weighted by molar-refractivity contribution is 5.94. The number of hydrogen-bond acceptors (Lipinski definition) is 3. The van der Waals surface area contributed by atoms with Crippen molar-refractivity contribution in [3.63, 3.8) is 0 Å². The van der Waals surface area contributed by atoms with E-state index in [2.05, 4.69) is 34.6 Å². The van der Waals surface area contributed by atoms with E-state index in [0.29, 0.717) is 5.56 Å². The van der Waals surface area contributed by atoms with E-state index in [0.717, 1.165) is 18.8 Å². The monoisotopic (exact) mass is 253 g/mol. The Bertz CT molecular complexity index is 582. The maximum atomic E-state index is 11.4. The molecule has 1 aliphatic heterocycles. The molecule has 0 spiro atoms. The van der Waals surface area contributed by atoms with Gasteiger partial charge in [-0.15, -0.1) is 0 Å². The molecule has 1 heterocycles. The molecule has 19 heavy (non-hydrogen) atoms. The molecule has 3 rings (SSSR count). The first-order valence-electron chi connectivity index (χ1n) is 6.20. The van der Waals surface area contributed by atoms with Crippen LogP contribution in [0.4, 0.5) is 5.69 Å². The van der Waals surface area contributed by atoms with Crippen molar-refractivity contribution >= 4 is 11.6 Å². The van der Waals surface area contributed by atoms with Crippen LogP contribution in [0, 0.1) is 0 Å². The summed E-state index contributed by atoms with van der Waals surface area (Å²) in [5.41, 5.74) is 6.55. The molecule has 0 saturated carbocycles. The molecule has 0 saturated heterocycles. The van der Waals surface area contributed by atoms with Crippen LogP contribution in [0.3, 0.4) is 0 Å². The van der Waals surface area contributed by atoms with Crippen molar-refractivity contribution in [3.05, 3.63) is 65.2 Å². The van der Waals surface area contributed by atoms with Crippen LogP contribution in [0.5, 0.6) is 0 Å². The van der Waals surface area contributed by atoms with Crippen molar-refractivity contribution in [2.24, 2.45) is 5.84 Å². The summed E-state index contributed by atoms with van der Waals surface area (Å²) in [7, 11) is 0. The molecule has 0 atom stereocenters. The summed E-state index contributed by atoms with van der Waals surface area (Å²) in [6.07, 6.45) is 0. The highest BCUT2D eigenvalue weighted by Crippen LogP contribution is 2.27. The van der Waals surface area contributed by atoms with E-state index in [9.17, 15) is 4.79 Å². The van der Waals surface area contributed by atoms with E-state index < -0.39 is 0 Å². The van der Waals surface area contributed by atoms with Crippen molar-refractivity contribution in [2.75, 3.05) is 4.90 Å². The Morgan fingerprint density at radius 1 is 1.00 bits per heavy atom. The summed E-state index contributed by atoms with van der Waals surface area (Å²) in [5.74, 6) is 4.84. The molecule has 2 aromatic rings. The van der Waals surface area contributed by atoms with Crippen molar-refractivity contribution in [3.8, 4) is 0 Å². The Hall–Kier alpha value is -2.33. The number of rotatable bonds is 2. The molecule has 0 fully saturated rings. The summed E-state index contributed by atoms with van der Waals surface area (Å²) in [6.45, 7) is 1.83. The summed E-state index contributed by atoms with van der Waals surface area (Å²) in [5, 5.41) is 0. The van der Waals surface area contributed by atoms with Gasteiger partial charge in [0, 0.05) is 24.3 Å². The van der Waals surface area contributed by atoms with Crippen LogP contribution in [-0.2, 0) is 13.1 Å². The normalized spacial score (nSPS) is 13.2. The summed E-state index contributed by atoms with van der Waals surface area (Å²) in [4.78, 5) is 13.7. The predicted octanol–water partition coefficient (Wildman–Crippen LogP) is 1.81. The molecule has 3 N–H and O–H groups in total. The fraction of sp³-hybridized carbons (Fsp3) is 0.133. The number of nitrogen functional groups attached to an aromatic ring is 1. The summed E-state index contributed by atoms with van der Waals surface area (Å²) >= 11 is 0. The minimum absolute atomic E-state index is 0.267. The standard InChI is InChI=1S/C15H15N3O/c16-17-15(19)11-5-7-14(8-6-11)18-9-12-3-1-2-4-13(12)10-18/h1-8H,9-10,16H2,(H,17,19). The lowest BCUT2D eigenvalue weighted by atomic mass is 10.1. The first-order valence-corrected chi connectivity index (χ1v) is 6.20. The third-order valence-electron chi connectivity index (χ3n) is 3.47. The number of amides is 1. The molecule has 96 valence electrons. The molecule has 1 aliphatic rings. The van der Waals surface area contributed by atoms with Gasteiger partial charge in [-0.3, -0.25) is 10.2 Å². The maximum absolute atomic E-state index is 11.4. The van der Waals surface area contributed by atoms with Crippen molar-refractivity contribution in [2.45, 2.75) is 13.1 Å². The highest BCUT2D eigenvalue weighted by atomic mass is 16.2. The van der Waals surface area contributed by atoms with Crippen LogP contribution in [0.1, 0.15) is 21.5 Å². The lowest BCUT2D eigenvalue weighted by Crippen LogP contribution is -2.29. The molecule has 2 aromatic carbocycles. The van der Waals surface area contributed by atoms with E-state index in [1.807, 2.05) is 12.1 Å². The predicted molar refractivity (Wildman–Crippen MR) is 74.4 cm³/mol. The molecule has 1 amide bonds. The highest BCUT2D eigenvalue weighted by Gasteiger charge is 2.18. The summed E-state index contributed by atoms with van der Waals surface area (Å²) in [6, 6.07) is 15.9. The molecule has 4 heteroatoms. The van der Waals surface area contributed by atoms with Gasteiger partial charge in [0.15, 0.2) is 0 Å². The van der Waals surface area contributed by atoms with Gasteiger partial charge in [0.25, 0.3) is 5.91 Å². The number of carbonyl (C=O) groups is 1. The Kier molecular flexibility index (Phi) is 2.93. The maximum Gasteiger partial charge on any atom is 0.265 e. The van der Waals surface area contributed by atoms with E-state index >= 15 is 0 Å². The van der Waals surface area contributed by atoms with Gasteiger partial charge < -0.3 is 4.90 Å². The second kappa shape index (κ2) is 4.74. The number of nitrogens with two attached hydrogens (primary N) is 1. The first-order chi connectivity index (χ1) is 9.28. The fourth-order valence-electron chi connectivity index (χ4n) is 2.42. The van der Waals surface area contributed by atoms with Gasteiger partial charge in [-0.2, -0.15) is 0 Å². The lowest BCUT2D eigenvalue weighted by Gasteiger charge is -2.17. The Morgan fingerprint density at radius 2 is 1.58 bits per heavy atom. The quantitative estimate of drug-likeness (QED) is 0.487. The zero-order valence-electron chi connectivity index (χ0n) is 10.5. The number of nitrogens with zero attached hydrogens (tertiary/aromatic N) is 1. The number of benzene rings is 2. The van der Waals surface area contributed by atoms with Crippen molar-refractivity contribution in [1.29, 1.82) is 0 Å². The van der Waals surface area contributed by atoms with E-state index in [-0.39, 0.29) is 5.91 Å². The number of fused-ring (bicyclic) bond motifs is 1. The van der Waals surface area contributed by atoms with E-state index in [1.165, 1.54) is 11.1 Å². The molecular weight excluding hydrogens is 238 g/mol. The fourth-order valence-corrected chi connectivity index (χ4v) is 2.42. The topological polar surface area (TPSA) is 58.4 Å². The lowest BCUT2D eigenvalue weighted by molar-refractivity contribution is 0.0953. The van der Waals surface area contributed by atoms with Gasteiger partial charge >= 0.3 is 0 Å². The minimum atomic E-state index is -0.267. The molecule has 0 radical (unpaired) electrons. The number of carbonyl (C=O) groups excluding carboxylic acids is 1. The van der Waals surface area contributed by atoms with Crippen molar-refractivity contribution < 1.29 is 4.79 Å². The smallest absolute Gasteiger partial charge is 0.265 e. The number of anilines is 1. The number of nitrogens with one attached hydrogen (secondary N) is 1. The number of hydrazine groups is 1. The zero-order chi connectivity index (χ0) is 13.2. The largest absolute Gasteiger partial charge is 0.363 e. The summed E-state index contributed by atoms with van der Waals surface area (Å²) < 4.78 is 0. The van der Waals surface area contributed by atoms with Gasteiger partial charge in [0.2, 0.25) is 0 Å². The molecule has 0 unspecified atom stereocenters. The van der Waals surface area contributed by atoms with Gasteiger partial charge in [0.05, 0.1) is 0 Å².